The zero-order chi connectivity index (χ0) is 12.4. The van der Waals surface area contributed by atoms with Gasteiger partial charge in [0.15, 0.2) is 0 Å². The van der Waals surface area contributed by atoms with Crippen LogP contribution in [-0.2, 0) is 0 Å². The number of aryl methyl sites for hydroxylation is 1. The summed E-state index contributed by atoms with van der Waals surface area (Å²) in [6.45, 7) is 2.13. The SMILES string of the molecule is Cc1ccc(C2SC=C(c3ccccc3)S2)cc1. The lowest BCUT2D eigenvalue weighted by molar-refractivity contribution is 1.35. The summed E-state index contributed by atoms with van der Waals surface area (Å²) in [5.74, 6) is 0. The molecular weight excluding hydrogens is 256 g/mol. The molecule has 1 heterocycles. The van der Waals surface area contributed by atoms with Crippen LogP contribution in [-0.4, -0.2) is 0 Å². The first-order valence-corrected chi connectivity index (χ1v) is 7.79. The van der Waals surface area contributed by atoms with Crippen LogP contribution in [0.4, 0.5) is 0 Å². The van der Waals surface area contributed by atoms with Crippen molar-refractivity contribution in [3.63, 3.8) is 0 Å². The number of benzene rings is 2. The van der Waals surface area contributed by atoms with Crippen LogP contribution in [0.3, 0.4) is 0 Å². The summed E-state index contributed by atoms with van der Waals surface area (Å²) >= 11 is 3.85. The third-order valence-corrected chi connectivity index (χ3v) is 5.70. The molecule has 0 N–H and O–H groups in total. The standard InChI is InChI=1S/C16H14S2/c1-12-7-9-14(10-8-12)16-17-11-15(18-16)13-5-3-2-4-6-13/h2-11,16H,1H3. The molecule has 90 valence electrons. The van der Waals surface area contributed by atoms with E-state index >= 15 is 0 Å². The first-order valence-electron chi connectivity index (χ1n) is 5.97. The molecule has 0 saturated carbocycles. The summed E-state index contributed by atoms with van der Waals surface area (Å²) in [5.41, 5.74) is 4.05. The van der Waals surface area contributed by atoms with Crippen LogP contribution in [0, 0.1) is 6.92 Å². The van der Waals surface area contributed by atoms with Crippen LogP contribution >= 0.6 is 23.5 Å². The molecule has 2 aromatic rings. The normalized spacial score (nSPS) is 18.7. The Morgan fingerprint density at radius 1 is 0.889 bits per heavy atom. The van der Waals surface area contributed by atoms with Gasteiger partial charge in [-0.3, -0.25) is 0 Å². The Morgan fingerprint density at radius 2 is 1.61 bits per heavy atom. The largest absolute Gasteiger partial charge is 0.113 e. The molecule has 3 rings (SSSR count). The van der Waals surface area contributed by atoms with Crippen LogP contribution < -0.4 is 0 Å². The predicted molar refractivity (Wildman–Crippen MR) is 83.5 cm³/mol. The van der Waals surface area contributed by atoms with Gasteiger partial charge in [0, 0.05) is 4.91 Å². The van der Waals surface area contributed by atoms with Crippen molar-refractivity contribution in [2.24, 2.45) is 0 Å². The minimum atomic E-state index is 0.501. The minimum absolute atomic E-state index is 0.501. The van der Waals surface area contributed by atoms with Gasteiger partial charge in [-0.25, -0.2) is 0 Å². The predicted octanol–water partition coefficient (Wildman–Crippen LogP) is 5.47. The molecule has 1 atom stereocenters. The highest BCUT2D eigenvalue weighted by Gasteiger charge is 2.21. The fourth-order valence-corrected chi connectivity index (χ4v) is 4.49. The Balaban J connectivity index is 1.76. The fraction of sp³-hybridized carbons (Fsp3) is 0.125. The molecule has 0 amide bonds. The van der Waals surface area contributed by atoms with Crippen LogP contribution in [0.15, 0.2) is 60.0 Å². The maximum absolute atomic E-state index is 2.28. The highest BCUT2D eigenvalue weighted by molar-refractivity contribution is 8.25. The van der Waals surface area contributed by atoms with Crippen molar-refractivity contribution in [2.75, 3.05) is 0 Å². The van der Waals surface area contributed by atoms with Crippen LogP contribution in [0.2, 0.25) is 0 Å². The zero-order valence-electron chi connectivity index (χ0n) is 10.2. The van der Waals surface area contributed by atoms with Gasteiger partial charge in [0.05, 0.1) is 4.58 Å². The Hall–Kier alpha value is -1.12. The van der Waals surface area contributed by atoms with Crippen LogP contribution in [0.1, 0.15) is 21.3 Å². The quantitative estimate of drug-likeness (QED) is 0.709. The minimum Gasteiger partial charge on any atom is -0.113 e. The molecule has 0 spiro atoms. The lowest BCUT2D eigenvalue weighted by atomic mass is 10.2. The van der Waals surface area contributed by atoms with Gasteiger partial charge >= 0.3 is 0 Å². The molecule has 0 nitrogen and oxygen atoms in total. The first-order chi connectivity index (χ1) is 8.83. The lowest BCUT2D eigenvalue weighted by Crippen LogP contribution is -1.85. The second-order valence-electron chi connectivity index (χ2n) is 4.34. The van der Waals surface area contributed by atoms with E-state index in [9.17, 15) is 0 Å². The molecule has 0 fully saturated rings. The second-order valence-corrected chi connectivity index (χ2v) is 6.77. The van der Waals surface area contributed by atoms with Crippen molar-refractivity contribution in [2.45, 2.75) is 11.5 Å². The Bertz CT molecular complexity index is 555. The Morgan fingerprint density at radius 3 is 2.33 bits per heavy atom. The summed E-state index contributed by atoms with van der Waals surface area (Å²) in [6.07, 6.45) is 0. The van der Waals surface area contributed by atoms with Crippen molar-refractivity contribution in [1.29, 1.82) is 0 Å². The second kappa shape index (κ2) is 5.25. The van der Waals surface area contributed by atoms with Gasteiger partial charge in [0.2, 0.25) is 0 Å². The average molecular weight is 270 g/mol. The van der Waals surface area contributed by atoms with Crippen molar-refractivity contribution in [3.8, 4) is 0 Å². The van der Waals surface area contributed by atoms with Gasteiger partial charge in [-0.1, -0.05) is 60.2 Å². The summed E-state index contributed by atoms with van der Waals surface area (Å²) in [4.78, 5) is 1.38. The van der Waals surface area contributed by atoms with E-state index in [1.807, 2.05) is 23.5 Å². The molecular formula is C16H14S2. The van der Waals surface area contributed by atoms with E-state index in [4.69, 9.17) is 0 Å². The number of rotatable bonds is 2. The maximum atomic E-state index is 2.28. The molecule has 2 aromatic carbocycles. The molecule has 1 unspecified atom stereocenters. The molecule has 0 saturated heterocycles. The molecule has 0 aliphatic carbocycles. The maximum Gasteiger partial charge on any atom is 0.0840 e. The third-order valence-electron chi connectivity index (χ3n) is 2.94. The van der Waals surface area contributed by atoms with Gasteiger partial charge in [0.1, 0.15) is 0 Å². The number of hydrogen-bond acceptors (Lipinski definition) is 2. The Labute approximate surface area is 116 Å². The Kier molecular flexibility index (Phi) is 3.48. The van der Waals surface area contributed by atoms with Gasteiger partial charge in [-0.2, -0.15) is 0 Å². The highest BCUT2D eigenvalue weighted by Crippen LogP contribution is 2.54. The van der Waals surface area contributed by atoms with Gasteiger partial charge in [-0.05, 0) is 23.5 Å². The lowest BCUT2D eigenvalue weighted by Gasteiger charge is -2.10. The van der Waals surface area contributed by atoms with E-state index in [-0.39, 0.29) is 0 Å². The molecule has 2 heteroatoms. The van der Waals surface area contributed by atoms with E-state index in [2.05, 4.69) is 66.9 Å². The zero-order valence-corrected chi connectivity index (χ0v) is 11.8. The summed E-state index contributed by atoms with van der Waals surface area (Å²) in [6, 6.07) is 19.5. The monoisotopic (exact) mass is 270 g/mol. The number of hydrogen-bond donors (Lipinski definition) is 0. The van der Waals surface area contributed by atoms with Gasteiger partial charge in [0.25, 0.3) is 0 Å². The summed E-state index contributed by atoms with van der Waals surface area (Å²) in [7, 11) is 0. The third kappa shape index (κ3) is 2.50. The van der Waals surface area contributed by atoms with Crippen molar-refractivity contribution >= 4 is 28.4 Å². The first kappa shape index (κ1) is 11.9. The van der Waals surface area contributed by atoms with Crippen LogP contribution in [0.25, 0.3) is 4.91 Å². The van der Waals surface area contributed by atoms with E-state index in [1.165, 1.54) is 21.6 Å². The summed E-state index contributed by atoms with van der Waals surface area (Å²) < 4.78 is 0.501. The van der Waals surface area contributed by atoms with Crippen molar-refractivity contribution < 1.29 is 0 Å². The van der Waals surface area contributed by atoms with E-state index in [1.54, 1.807) is 0 Å². The smallest absolute Gasteiger partial charge is 0.0840 e. The van der Waals surface area contributed by atoms with Crippen molar-refractivity contribution in [3.05, 3.63) is 76.7 Å². The van der Waals surface area contributed by atoms with Crippen LogP contribution in [0.5, 0.6) is 0 Å². The average Bonchev–Trinajstić information content (AvgIpc) is 2.90. The highest BCUT2D eigenvalue weighted by atomic mass is 32.2. The molecule has 1 aliphatic rings. The molecule has 0 aromatic heterocycles. The molecule has 0 radical (unpaired) electrons. The molecule has 1 aliphatic heterocycles. The van der Waals surface area contributed by atoms with E-state index < -0.39 is 0 Å². The summed E-state index contributed by atoms with van der Waals surface area (Å²) in [5, 5.41) is 2.28. The topological polar surface area (TPSA) is 0 Å². The van der Waals surface area contributed by atoms with E-state index in [0.717, 1.165) is 0 Å². The van der Waals surface area contributed by atoms with E-state index in [0.29, 0.717) is 4.58 Å². The molecule has 18 heavy (non-hydrogen) atoms. The van der Waals surface area contributed by atoms with Crippen molar-refractivity contribution in [1.82, 2.24) is 0 Å². The fourth-order valence-electron chi connectivity index (χ4n) is 1.90. The number of thioether (sulfide) groups is 2. The van der Waals surface area contributed by atoms with Gasteiger partial charge in [-0.15, -0.1) is 23.5 Å². The van der Waals surface area contributed by atoms with Gasteiger partial charge < -0.3 is 0 Å². The molecule has 0 bridgehead atoms.